The summed E-state index contributed by atoms with van der Waals surface area (Å²) in [6.45, 7) is 8.50. The number of methoxy groups -OCH3 is 1. The molecule has 3 aromatic heterocycles. The number of amides is 1. The van der Waals surface area contributed by atoms with E-state index in [2.05, 4.69) is 27.1 Å². The Bertz CT molecular complexity index is 1800. The summed E-state index contributed by atoms with van der Waals surface area (Å²) in [4.78, 5) is 51.1. The van der Waals surface area contributed by atoms with Gasteiger partial charge >= 0.3 is 12.1 Å². The van der Waals surface area contributed by atoms with Crippen LogP contribution in [0.15, 0.2) is 47.7 Å². The number of esters is 1. The summed E-state index contributed by atoms with van der Waals surface area (Å²) in [5.41, 5.74) is 0.468. The number of carbonyl (C=O) groups excluding carboxylic acids is 2. The summed E-state index contributed by atoms with van der Waals surface area (Å²) in [5.74, 6) is 5.83. The zero-order chi connectivity index (χ0) is 30.7. The Morgan fingerprint density at radius 2 is 1.95 bits per heavy atom. The number of rotatable bonds is 6. The zero-order valence-electron chi connectivity index (χ0n) is 25.1. The maximum absolute atomic E-state index is 14.1. The molecular weight excluding hydrogens is 548 g/mol. The molecule has 1 fully saturated rings. The fraction of sp³-hybridized carbons (Fsp3) is 0.406. The molecule has 4 heterocycles. The van der Waals surface area contributed by atoms with Gasteiger partial charge < -0.3 is 24.3 Å². The molecule has 0 spiro atoms. The second-order valence-corrected chi connectivity index (χ2v) is 11.5. The Kier molecular flexibility index (Phi) is 8.39. The number of piperidine rings is 1. The van der Waals surface area contributed by atoms with Crippen molar-refractivity contribution >= 4 is 39.7 Å². The van der Waals surface area contributed by atoms with Crippen LogP contribution in [0.5, 0.6) is 0 Å². The number of alkyl carbamates (subject to hydrolysis) is 1. The van der Waals surface area contributed by atoms with E-state index in [4.69, 9.17) is 9.47 Å². The number of carbonyl (C=O) groups is 2. The highest BCUT2D eigenvalue weighted by Crippen LogP contribution is 2.33. The molecule has 4 aromatic rings. The average molecular weight is 585 g/mol. The molecule has 11 heteroatoms. The lowest BCUT2D eigenvalue weighted by molar-refractivity contribution is 0.0498. The highest BCUT2D eigenvalue weighted by Gasteiger charge is 2.33. The molecule has 0 radical (unpaired) electrons. The van der Waals surface area contributed by atoms with Crippen molar-refractivity contribution in [2.24, 2.45) is 0 Å². The van der Waals surface area contributed by atoms with Gasteiger partial charge in [0.25, 0.3) is 5.56 Å². The van der Waals surface area contributed by atoms with Gasteiger partial charge in [-0.05, 0) is 52.0 Å². The molecule has 1 saturated heterocycles. The molecule has 0 aliphatic carbocycles. The molecule has 224 valence electrons. The van der Waals surface area contributed by atoms with Crippen molar-refractivity contribution in [1.82, 2.24) is 24.4 Å². The first-order valence-corrected chi connectivity index (χ1v) is 14.3. The van der Waals surface area contributed by atoms with Gasteiger partial charge in [0.15, 0.2) is 0 Å². The van der Waals surface area contributed by atoms with Crippen LogP contribution in [-0.2, 0) is 22.6 Å². The number of hydrogen-bond acceptors (Lipinski definition) is 8. The standard InChI is InChI=1S/C32H36N6O5/c1-6-7-17-38-27-26(34-20-37(29(27)39)19-24-23-13-9-8-11-21(23)14-15-33-24)25(30(40)42-5)28(38)36-16-10-12-22(18-36)35-31(41)43-32(2,3)4/h8-9,11,13-15,20,22H,10,12,16-19H2,1-5H3,(H,35,41). The number of nitrogens with one attached hydrogen (secondary N) is 1. The summed E-state index contributed by atoms with van der Waals surface area (Å²) in [6.07, 6.45) is 4.15. The van der Waals surface area contributed by atoms with E-state index in [0.717, 1.165) is 29.3 Å². The molecule has 1 atom stereocenters. The van der Waals surface area contributed by atoms with E-state index in [1.807, 2.05) is 56.0 Å². The minimum atomic E-state index is -0.630. The van der Waals surface area contributed by atoms with Crippen LogP contribution in [0.4, 0.5) is 10.6 Å². The number of ether oxygens (including phenoxy) is 2. The molecule has 1 aliphatic heterocycles. The lowest BCUT2D eigenvalue weighted by Gasteiger charge is -2.35. The summed E-state index contributed by atoms with van der Waals surface area (Å²) in [6, 6.07) is 9.55. The van der Waals surface area contributed by atoms with E-state index in [0.29, 0.717) is 18.9 Å². The smallest absolute Gasteiger partial charge is 0.407 e. The number of hydrogen-bond donors (Lipinski definition) is 1. The minimum Gasteiger partial charge on any atom is -0.465 e. The molecule has 1 N–H and O–H groups in total. The van der Waals surface area contributed by atoms with E-state index >= 15 is 0 Å². The Balaban J connectivity index is 1.61. The van der Waals surface area contributed by atoms with Crippen molar-refractivity contribution in [3.05, 3.63) is 64.5 Å². The highest BCUT2D eigenvalue weighted by atomic mass is 16.6. The van der Waals surface area contributed by atoms with Crippen molar-refractivity contribution in [1.29, 1.82) is 0 Å². The van der Waals surface area contributed by atoms with Gasteiger partial charge in [0.05, 0.1) is 32.2 Å². The highest BCUT2D eigenvalue weighted by molar-refractivity contribution is 6.08. The Labute approximate surface area is 249 Å². The van der Waals surface area contributed by atoms with Gasteiger partial charge in [-0.1, -0.05) is 30.2 Å². The van der Waals surface area contributed by atoms with Crippen LogP contribution in [0.25, 0.3) is 21.8 Å². The quantitative estimate of drug-likeness (QED) is 0.266. The second-order valence-electron chi connectivity index (χ2n) is 11.5. The van der Waals surface area contributed by atoms with E-state index in [9.17, 15) is 14.4 Å². The molecular formula is C32H36N6O5. The van der Waals surface area contributed by atoms with Gasteiger partial charge in [-0.15, -0.1) is 5.92 Å². The topological polar surface area (TPSA) is 121 Å². The van der Waals surface area contributed by atoms with E-state index in [1.54, 1.807) is 17.7 Å². The molecule has 1 aromatic carbocycles. The van der Waals surface area contributed by atoms with Crippen molar-refractivity contribution in [2.75, 3.05) is 25.1 Å². The first kappa shape index (κ1) is 29.6. The van der Waals surface area contributed by atoms with Crippen molar-refractivity contribution in [3.63, 3.8) is 0 Å². The summed E-state index contributed by atoms with van der Waals surface area (Å²) < 4.78 is 13.9. The van der Waals surface area contributed by atoms with Gasteiger partial charge in [-0.25, -0.2) is 14.6 Å². The van der Waals surface area contributed by atoms with Crippen molar-refractivity contribution in [2.45, 2.75) is 65.3 Å². The summed E-state index contributed by atoms with van der Waals surface area (Å²) >= 11 is 0. The molecule has 1 unspecified atom stereocenters. The molecule has 43 heavy (non-hydrogen) atoms. The molecule has 5 rings (SSSR count). The molecule has 0 bridgehead atoms. The number of fused-ring (bicyclic) bond motifs is 2. The minimum absolute atomic E-state index is 0.160. The third kappa shape index (κ3) is 6.18. The normalized spacial score (nSPS) is 15.2. The Hall–Kier alpha value is -4.85. The lowest BCUT2D eigenvalue weighted by Crippen LogP contribution is -2.49. The van der Waals surface area contributed by atoms with Gasteiger partial charge in [0.1, 0.15) is 28.0 Å². The van der Waals surface area contributed by atoms with E-state index < -0.39 is 17.7 Å². The van der Waals surface area contributed by atoms with E-state index in [-0.39, 0.29) is 41.3 Å². The third-order valence-electron chi connectivity index (χ3n) is 7.32. The Morgan fingerprint density at radius 1 is 1.16 bits per heavy atom. The SMILES string of the molecule is CC#CCn1c(N2CCCC(NC(=O)OC(C)(C)C)C2)c(C(=O)OC)c2ncn(Cc3nccc4ccccc34)c(=O)c21. The number of aromatic nitrogens is 4. The van der Waals surface area contributed by atoms with Crippen molar-refractivity contribution < 1.29 is 19.1 Å². The van der Waals surface area contributed by atoms with Gasteiger partial charge in [-0.3, -0.25) is 14.3 Å². The zero-order valence-corrected chi connectivity index (χ0v) is 25.1. The Morgan fingerprint density at radius 3 is 2.70 bits per heavy atom. The monoisotopic (exact) mass is 584 g/mol. The average Bonchev–Trinajstić information content (AvgIpc) is 3.31. The summed E-state index contributed by atoms with van der Waals surface area (Å²) in [7, 11) is 1.30. The predicted octanol–water partition coefficient (Wildman–Crippen LogP) is 4.10. The van der Waals surface area contributed by atoms with Crippen LogP contribution >= 0.6 is 0 Å². The number of pyridine rings is 1. The van der Waals surface area contributed by atoms with E-state index in [1.165, 1.54) is 18.0 Å². The van der Waals surface area contributed by atoms with Crippen LogP contribution in [0, 0.1) is 11.8 Å². The molecule has 0 saturated carbocycles. The summed E-state index contributed by atoms with van der Waals surface area (Å²) in [5, 5.41) is 4.91. The van der Waals surface area contributed by atoms with Gasteiger partial charge in [0, 0.05) is 30.7 Å². The number of benzene rings is 1. The largest absolute Gasteiger partial charge is 0.465 e. The fourth-order valence-electron chi connectivity index (χ4n) is 5.53. The first-order chi connectivity index (χ1) is 20.6. The number of nitrogens with zero attached hydrogens (tertiary/aromatic N) is 5. The maximum Gasteiger partial charge on any atom is 0.407 e. The fourth-order valence-corrected chi connectivity index (χ4v) is 5.53. The predicted molar refractivity (Wildman–Crippen MR) is 164 cm³/mol. The second kappa shape index (κ2) is 12.2. The third-order valence-corrected chi connectivity index (χ3v) is 7.32. The molecule has 1 aliphatic rings. The maximum atomic E-state index is 14.1. The molecule has 1 amide bonds. The van der Waals surface area contributed by atoms with Gasteiger partial charge in [0.2, 0.25) is 0 Å². The van der Waals surface area contributed by atoms with Crippen LogP contribution in [0.1, 0.15) is 56.6 Å². The van der Waals surface area contributed by atoms with Crippen LogP contribution in [-0.4, -0.2) is 63.0 Å². The van der Waals surface area contributed by atoms with Gasteiger partial charge in [-0.2, -0.15) is 0 Å². The first-order valence-electron chi connectivity index (χ1n) is 14.3. The van der Waals surface area contributed by atoms with Crippen LogP contribution in [0.2, 0.25) is 0 Å². The number of anilines is 1. The van der Waals surface area contributed by atoms with Crippen molar-refractivity contribution in [3.8, 4) is 11.8 Å². The lowest BCUT2D eigenvalue weighted by atomic mass is 10.1. The molecule has 11 nitrogen and oxygen atoms in total. The van der Waals surface area contributed by atoms with Crippen LogP contribution < -0.4 is 15.8 Å². The van der Waals surface area contributed by atoms with Crippen LogP contribution in [0.3, 0.4) is 0 Å².